The van der Waals surface area contributed by atoms with E-state index in [9.17, 15) is 19.1 Å². The second-order valence-electron chi connectivity index (χ2n) is 5.70. The number of amides is 1. The molecular weight excluding hydrogens is 337 g/mol. The number of rotatable bonds is 4. The molecule has 3 aromatic rings. The van der Waals surface area contributed by atoms with Crippen molar-refractivity contribution in [2.45, 2.75) is 13.0 Å². The Balaban J connectivity index is 1.74. The summed E-state index contributed by atoms with van der Waals surface area (Å²) in [6.07, 6.45) is -1.17. The van der Waals surface area contributed by atoms with Gasteiger partial charge in [-0.25, -0.2) is 9.18 Å². The number of fused-ring (bicyclic) bond motifs is 1. The standard InChI is InChI=1S/C20H16FNO4/c1-12(19(24)22-17-9-5-4-8-16(17)21)26-20(25)15-11-10-13-6-2-3-7-14(13)18(15)23/h2-12,23H,1H3,(H,22,24). The molecule has 5 nitrogen and oxygen atoms in total. The van der Waals surface area contributed by atoms with Crippen molar-refractivity contribution in [1.82, 2.24) is 0 Å². The number of para-hydroxylation sites is 1. The number of phenolic OH excluding ortho intramolecular Hbond substituents is 1. The minimum Gasteiger partial charge on any atom is -0.506 e. The van der Waals surface area contributed by atoms with Gasteiger partial charge in [0.15, 0.2) is 6.10 Å². The van der Waals surface area contributed by atoms with Gasteiger partial charge in [0.2, 0.25) is 0 Å². The number of nitrogens with one attached hydrogen (secondary N) is 1. The van der Waals surface area contributed by atoms with Crippen LogP contribution in [-0.4, -0.2) is 23.1 Å². The zero-order valence-electron chi connectivity index (χ0n) is 13.9. The first-order valence-electron chi connectivity index (χ1n) is 7.94. The molecule has 1 atom stereocenters. The molecule has 0 saturated heterocycles. The van der Waals surface area contributed by atoms with Gasteiger partial charge >= 0.3 is 5.97 Å². The molecule has 0 aliphatic carbocycles. The molecule has 0 radical (unpaired) electrons. The van der Waals surface area contributed by atoms with E-state index >= 15 is 0 Å². The third-order valence-electron chi connectivity index (χ3n) is 3.91. The smallest absolute Gasteiger partial charge is 0.342 e. The lowest BCUT2D eigenvalue weighted by molar-refractivity contribution is -0.123. The minimum absolute atomic E-state index is 0.00560. The molecule has 0 aromatic heterocycles. The van der Waals surface area contributed by atoms with E-state index in [1.165, 1.54) is 31.2 Å². The summed E-state index contributed by atoms with van der Waals surface area (Å²) >= 11 is 0. The number of carbonyl (C=O) groups excluding carboxylic acids is 2. The van der Waals surface area contributed by atoms with Crippen LogP contribution in [0.2, 0.25) is 0 Å². The van der Waals surface area contributed by atoms with E-state index in [0.717, 1.165) is 5.39 Å². The fourth-order valence-electron chi connectivity index (χ4n) is 2.49. The Hall–Kier alpha value is -3.41. The summed E-state index contributed by atoms with van der Waals surface area (Å²) in [5.74, 6) is -2.32. The van der Waals surface area contributed by atoms with Crippen molar-refractivity contribution in [3.05, 3.63) is 72.0 Å². The lowest BCUT2D eigenvalue weighted by Crippen LogP contribution is -2.30. The van der Waals surface area contributed by atoms with E-state index in [-0.39, 0.29) is 17.0 Å². The molecule has 0 aliphatic rings. The van der Waals surface area contributed by atoms with E-state index in [0.29, 0.717) is 5.39 Å². The highest BCUT2D eigenvalue weighted by Crippen LogP contribution is 2.29. The van der Waals surface area contributed by atoms with Gasteiger partial charge in [-0.2, -0.15) is 0 Å². The van der Waals surface area contributed by atoms with Crippen molar-refractivity contribution in [3.8, 4) is 5.75 Å². The van der Waals surface area contributed by atoms with Crippen LogP contribution in [0.1, 0.15) is 17.3 Å². The Morgan fingerprint density at radius 3 is 2.50 bits per heavy atom. The maximum Gasteiger partial charge on any atom is 0.342 e. The highest BCUT2D eigenvalue weighted by molar-refractivity contribution is 6.02. The van der Waals surface area contributed by atoms with Crippen molar-refractivity contribution in [3.63, 3.8) is 0 Å². The van der Waals surface area contributed by atoms with Crippen molar-refractivity contribution in [1.29, 1.82) is 0 Å². The number of ether oxygens (including phenoxy) is 1. The quantitative estimate of drug-likeness (QED) is 0.698. The van der Waals surface area contributed by atoms with Crippen molar-refractivity contribution in [2.75, 3.05) is 5.32 Å². The van der Waals surface area contributed by atoms with Crippen LogP contribution < -0.4 is 5.32 Å². The molecule has 26 heavy (non-hydrogen) atoms. The summed E-state index contributed by atoms with van der Waals surface area (Å²) in [4.78, 5) is 24.4. The fourth-order valence-corrected chi connectivity index (χ4v) is 2.49. The number of phenols is 1. The van der Waals surface area contributed by atoms with Gasteiger partial charge in [0.25, 0.3) is 5.91 Å². The average molecular weight is 353 g/mol. The lowest BCUT2D eigenvalue weighted by Gasteiger charge is -2.15. The van der Waals surface area contributed by atoms with Gasteiger partial charge < -0.3 is 15.2 Å². The normalized spacial score (nSPS) is 11.8. The number of carbonyl (C=O) groups is 2. The number of benzene rings is 3. The minimum atomic E-state index is -1.17. The van der Waals surface area contributed by atoms with Crippen LogP contribution >= 0.6 is 0 Å². The maximum absolute atomic E-state index is 13.6. The summed E-state index contributed by atoms with van der Waals surface area (Å²) in [7, 11) is 0. The van der Waals surface area contributed by atoms with E-state index < -0.39 is 23.8 Å². The number of hydrogen-bond donors (Lipinski definition) is 2. The van der Waals surface area contributed by atoms with E-state index in [1.807, 2.05) is 6.07 Å². The molecule has 3 aromatic carbocycles. The Morgan fingerprint density at radius 1 is 1.04 bits per heavy atom. The molecule has 6 heteroatoms. The second-order valence-corrected chi connectivity index (χ2v) is 5.70. The van der Waals surface area contributed by atoms with Gasteiger partial charge in [-0.05, 0) is 30.5 Å². The number of anilines is 1. The molecule has 0 aliphatic heterocycles. The summed E-state index contributed by atoms with van der Waals surface area (Å²) in [6.45, 7) is 1.37. The Morgan fingerprint density at radius 2 is 1.73 bits per heavy atom. The van der Waals surface area contributed by atoms with Crippen LogP contribution in [0.4, 0.5) is 10.1 Å². The highest BCUT2D eigenvalue weighted by Gasteiger charge is 2.22. The van der Waals surface area contributed by atoms with Crippen LogP contribution in [0.15, 0.2) is 60.7 Å². The molecule has 0 spiro atoms. The first-order chi connectivity index (χ1) is 12.5. The van der Waals surface area contributed by atoms with Gasteiger partial charge in [-0.15, -0.1) is 0 Å². The third-order valence-corrected chi connectivity index (χ3v) is 3.91. The van der Waals surface area contributed by atoms with Gasteiger partial charge in [0.1, 0.15) is 17.1 Å². The molecule has 132 valence electrons. The SMILES string of the molecule is CC(OC(=O)c1ccc2ccccc2c1O)C(=O)Nc1ccccc1F. The first kappa shape index (κ1) is 17.4. The molecule has 1 amide bonds. The topological polar surface area (TPSA) is 75.6 Å². The van der Waals surface area contributed by atoms with Gasteiger partial charge in [0, 0.05) is 5.39 Å². The lowest BCUT2D eigenvalue weighted by atomic mass is 10.1. The molecule has 0 fully saturated rings. The predicted octanol–water partition coefficient (Wildman–Crippen LogP) is 3.87. The van der Waals surface area contributed by atoms with Crippen LogP contribution in [0.25, 0.3) is 10.8 Å². The van der Waals surface area contributed by atoms with Crippen LogP contribution in [0.5, 0.6) is 5.75 Å². The van der Waals surface area contributed by atoms with Crippen molar-refractivity contribution < 1.29 is 23.8 Å². The van der Waals surface area contributed by atoms with Crippen LogP contribution in [-0.2, 0) is 9.53 Å². The first-order valence-corrected chi connectivity index (χ1v) is 7.94. The van der Waals surface area contributed by atoms with Gasteiger partial charge in [-0.1, -0.05) is 42.5 Å². The fraction of sp³-hybridized carbons (Fsp3) is 0.100. The zero-order chi connectivity index (χ0) is 18.7. The number of hydrogen-bond acceptors (Lipinski definition) is 4. The van der Waals surface area contributed by atoms with E-state index in [1.54, 1.807) is 30.3 Å². The Kier molecular flexibility index (Phi) is 4.84. The number of halogens is 1. The van der Waals surface area contributed by atoms with E-state index in [2.05, 4.69) is 5.32 Å². The maximum atomic E-state index is 13.6. The second kappa shape index (κ2) is 7.23. The van der Waals surface area contributed by atoms with Gasteiger partial charge in [-0.3, -0.25) is 4.79 Å². The van der Waals surface area contributed by atoms with Gasteiger partial charge in [0.05, 0.1) is 5.69 Å². The van der Waals surface area contributed by atoms with Crippen molar-refractivity contribution >= 4 is 28.3 Å². The zero-order valence-corrected chi connectivity index (χ0v) is 13.9. The molecular formula is C20H16FNO4. The molecule has 0 bridgehead atoms. The predicted molar refractivity (Wildman–Crippen MR) is 95.5 cm³/mol. The largest absolute Gasteiger partial charge is 0.506 e. The summed E-state index contributed by atoms with van der Waals surface area (Å²) in [5.41, 5.74) is -0.0526. The summed E-state index contributed by atoms with van der Waals surface area (Å²) in [6, 6.07) is 15.8. The molecule has 3 rings (SSSR count). The molecule has 0 saturated carbocycles. The third kappa shape index (κ3) is 3.49. The average Bonchev–Trinajstić information content (AvgIpc) is 2.64. The monoisotopic (exact) mass is 353 g/mol. The van der Waals surface area contributed by atoms with Crippen LogP contribution in [0, 0.1) is 5.82 Å². The van der Waals surface area contributed by atoms with Crippen LogP contribution in [0.3, 0.4) is 0 Å². The van der Waals surface area contributed by atoms with E-state index in [4.69, 9.17) is 4.74 Å². The molecule has 2 N–H and O–H groups in total. The number of aromatic hydroxyl groups is 1. The number of esters is 1. The summed E-state index contributed by atoms with van der Waals surface area (Å²) in [5, 5.41) is 13.9. The summed E-state index contributed by atoms with van der Waals surface area (Å²) < 4.78 is 18.7. The van der Waals surface area contributed by atoms with Crippen molar-refractivity contribution in [2.24, 2.45) is 0 Å². The molecule has 1 unspecified atom stereocenters. The highest BCUT2D eigenvalue weighted by atomic mass is 19.1. The Labute approximate surface area is 149 Å². The molecule has 0 heterocycles. The Bertz CT molecular complexity index is 986.